The molecule has 1 unspecified atom stereocenters. The van der Waals surface area contributed by atoms with Crippen LogP contribution < -0.4 is 10.5 Å². The molecule has 0 bridgehead atoms. The monoisotopic (exact) mass is 221 g/mol. The highest BCUT2D eigenvalue weighted by Gasteiger charge is 2.14. The summed E-state index contributed by atoms with van der Waals surface area (Å²) in [5.74, 6) is 0.968. The fourth-order valence-corrected chi connectivity index (χ4v) is 1.88. The summed E-state index contributed by atoms with van der Waals surface area (Å²) in [5, 5.41) is 0. The minimum atomic E-state index is 0.0624. The van der Waals surface area contributed by atoms with E-state index < -0.39 is 0 Å². The Labute approximate surface area is 98.8 Å². The van der Waals surface area contributed by atoms with E-state index in [0.29, 0.717) is 0 Å². The molecule has 0 fully saturated rings. The Morgan fingerprint density at radius 3 is 2.38 bits per heavy atom. The van der Waals surface area contributed by atoms with Crippen molar-refractivity contribution in [1.82, 2.24) is 0 Å². The maximum absolute atomic E-state index is 6.13. The third kappa shape index (κ3) is 2.99. The van der Waals surface area contributed by atoms with Crippen molar-refractivity contribution in [2.45, 2.75) is 53.2 Å². The van der Waals surface area contributed by atoms with Crippen LogP contribution in [0.25, 0.3) is 0 Å². The van der Waals surface area contributed by atoms with Crippen LogP contribution in [-0.4, -0.2) is 6.10 Å². The van der Waals surface area contributed by atoms with Crippen LogP contribution in [0.2, 0.25) is 0 Å². The fraction of sp³-hybridized carbons (Fsp3) is 0.571. The molecule has 90 valence electrons. The second kappa shape index (κ2) is 5.35. The zero-order chi connectivity index (χ0) is 12.3. The molecule has 1 aromatic carbocycles. The average Bonchev–Trinajstić information content (AvgIpc) is 2.20. The first-order chi connectivity index (χ1) is 7.45. The predicted octanol–water partition coefficient (Wildman–Crippen LogP) is 3.50. The van der Waals surface area contributed by atoms with Crippen LogP contribution in [0.1, 0.15) is 49.9 Å². The summed E-state index contributed by atoms with van der Waals surface area (Å²) < 4.78 is 5.87. The third-order valence-electron chi connectivity index (χ3n) is 2.64. The van der Waals surface area contributed by atoms with Gasteiger partial charge in [0.15, 0.2) is 0 Å². The SMILES string of the molecule is CCC(N)c1cc(C)cc(C)c1OC(C)C. The van der Waals surface area contributed by atoms with Gasteiger partial charge in [0.1, 0.15) is 5.75 Å². The molecule has 0 aliphatic rings. The van der Waals surface area contributed by atoms with E-state index in [1.165, 1.54) is 11.1 Å². The van der Waals surface area contributed by atoms with Gasteiger partial charge in [-0.2, -0.15) is 0 Å². The van der Waals surface area contributed by atoms with Crippen molar-refractivity contribution < 1.29 is 4.74 Å². The van der Waals surface area contributed by atoms with Gasteiger partial charge in [-0.05, 0) is 39.7 Å². The molecule has 2 nitrogen and oxygen atoms in total. The van der Waals surface area contributed by atoms with Crippen molar-refractivity contribution in [3.63, 3.8) is 0 Å². The Kier molecular flexibility index (Phi) is 4.36. The molecule has 0 aliphatic carbocycles. The molecule has 2 N–H and O–H groups in total. The average molecular weight is 221 g/mol. The maximum atomic E-state index is 6.13. The topological polar surface area (TPSA) is 35.2 Å². The van der Waals surface area contributed by atoms with E-state index >= 15 is 0 Å². The standard InChI is InChI=1S/C14H23NO/c1-6-13(15)12-8-10(4)7-11(5)14(12)16-9(2)3/h7-9,13H,6,15H2,1-5H3. The first-order valence-corrected chi connectivity index (χ1v) is 5.99. The van der Waals surface area contributed by atoms with Crippen LogP contribution in [0.15, 0.2) is 12.1 Å². The molecule has 0 saturated heterocycles. The summed E-state index contributed by atoms with van der Waals surface area (Å²) in [6, 6.07) is 4.34. The fourth-order valence-electron chi connectivity index (χ4n) is 1.88. The van der Waals surface area contributed by atoms with Gasteiger partial charge in [-0.15, -0.1) is 0 Å². The highest BCUT2D eigenvalue weighted by Crippen LogP contribution is 2.31. The number of hydrogen-bond donors (Lipinski definition) is 1. The second-order valence-electron chi connectivity index (χ2n) is 4.68. The molecule has 0 radical (unpaired) electrons. The molecule has 0 heterocycles. The summed E-state index contributed by atoms with van der Waals surface area (Å²) in [7, 11) is 0. The molecular formula is C14H23NO. The lowest BCUT2D eigenvalue weighted by molar-refractivity contribution is 0.237. The Morgan fingerprint density at radius 1 is 1.25 bits per heavy atom. The summed E-state index contributed by atoms with van der Waals surface area (Å²) >= 11 is 0. The van der Waals surface area contributed by atoms with Gasteiger partial charge in [-0.1, -0.05) is 24.6 Å². The maximum Gasteiger partial charge on any atom is 0.127 e. The number of aryl methyl sites for hydroxylation is 2. The van der Waals surface area contributed by atoms with Gasteiger partial charge < -0.3 is 10.5 Å². The minimum Gasteiger partial charge on any atom is -0.490 e. The quantitative estimate of drug-likeness (QED) is 0.844. The molecule has 2 heteroatoms. The van der Waals surface area contributed by atoms with Crippen LogP contribution in [0.3, 0.4) is 0 Å². The van der Waals surface area contributed by atoms with Crippen molar-refractivity contribution in [3.8, 4) is 5.75 Å². The highest BCUT2D eigenvalue weighted by molar-refractivity contribution is 5.45. The first-order valence-electron chi connectivity index (χ1n) is 5.99. The Morgan fingerprint density at radius 2 is 1.88 bits per heavy atom. The molecule has 0 amide bonds. The van der Waals surface area contributed by atoms with E-state index in [-0.39, 0.29) is 12.1 Å². The van der Waals surface area contributed by atoms with E-state index in [4.69, 9.17) is 10.5 Å². The van der Waals surface area contributed by atoms with Crippen LogP contribution in [0.5, 0.6) is 5.75 Å². The van der Waals surface area contributed by atoms with Crippen LogP contribution in [0.4, 0.5) is 0 Å². The van der Waals surface area contributed by atoms with Crippen molar-refractivity contribution in [2.24, 2.45) is 5.73 Å². The molecule has 0 spiro atoms. The molecule has 0 aromatic heterocycles. The first kappa shape index (κ1) is 13.0. The number of nitrogens with two attached hydrogens (primary N) is 1. The van der Waals surface area contributed by atoms with E-state index in [1.54, 1.807) is 0 Å². The van der Waals surface area contributed by atoms with Crippen molar-refractivity contribution in [3.05, 3.63) is 28.8 Å². The lowest BCUT2D eigenvalue weighted by Gasteiger charge is -2.20. The predicted molar refractivity (Wildman–Crippen MR) is 68.9 cm³/mol. The Balaban J connectivity index is 3.20. The van der Waals surface area contributed by atoms with Crippen LogP contribution in [0, 0.1) is 13.8 Å². The zero-order valence-electron chi connectivity index (χ0n) is 11.0. The van der Waals surface area contributed by atoms with Crippen LogP contribution >= 0.6 is 0 Å². The third-order valence-corrected chi connectivity index (χ3v) is 2.64. The molecule has 1 atom stereocenters. The van der Waals surface area contributed by atoms with Gasteiger partial charge in [-0.3, -0.25) is 0 Å². The van der Waals surface area contributed by atoms with Gasteiger partial charge in [0, 0.05) is 11.6 Å². The van der Waals surface area contributed by atoms with Gasteiger partial charge >= 0.3 is 0 Å². The lowest BCUT2D eigenvalue weighted by atomic mass is 9.98. The molecular weight excluding hydrogens is 198 g/mol. The molecule has 0 saturated carbocycles. The largest absolute Gasteiger partial charge is 0.490 e. The van der Waals surface area contributed by atoms with E-state index in [2.05, 4.69) is 32.9 Å². The minimum absolute atomic E-state index is 0.0624. The Bertz CT molecular complexity index is 358. The van der Waals surface area contributed by atoms with Gasteiger partial charge in [0.05, 0.1) is 6.10 Å². The normalized spacial score (nSPS) is 12.9. The summed E-state index contributed by atoms with van der Waals surface area (Å²) in [5.41, 5.74) is 9.68. The highest BCUT2D eigenvalue weighted by atomic mass is 16.5. The zero-order valence-corrected chi connectivity index (χ0v) is 11.0. The molecule has 1 aromatic rings. The van der Waals surface area contributed by atoms with E-state index in [1.807, 2.05) is 13.8 Å². The van der Waals surface area contributed by atoms with Crippen molar-refractivity contribution in [2.75, 3.05) is 0 Å². The summed E-state index contributed by atoms with van der Waals surface area (Å²) in [6.07, 6.45) is 1.11. The number of rotatable bonds is 4. The number of benzene rings is 1. The summed E-state index contributed by atoms with van der Waals surface area (Å²) in [4.78, 5) is 0. The van der Waals surface area contributed by atoms with Gasteiger partial charge in [0.25, 0.3) is 0 Å². The van der Waals surface area contributed by atoms with Crippen molar-refractivity contribution >= 4 is 0 Å². The van der Waals surface area contributed by atoms with E-state index in [9.17, 15) is 0 Å². The molecule has 1 rings (SSSR count). The smallest absolute Gasteiger partial charge is 0.127 e. The summed E-state index contributed by atoms with van der Waals surface area (Å²) in [6.45, 7) is 10.4. The number of hydrogen-bond acceptors (Lipinski definition) is 2. The van der Waals surface area contributed by atoms with Gasteiger partial charge in [-0.25, -0.2) is 0 Å². The lowest BCUT2D eigenvalue weighted by Crippen LogP contribution is -2.15. The van der Waals surface area contributed by atoms with Crippen molar-refractivity contribution in [1.29, 1.82) is 0 Å². The van der Waals surface area contributed by atoms with Crippen LogP contribution in [-0.2, 0) is 0 Å². The molecule has 0 aliphatic heterocycles. The van der Waals surface area contributed by atoms with Gasteiger partial charge in [0.2, 0.25) is 0 Å². The Hall–Kier alpha value is -1.02. The van der Waals surface area contributed by atoms with E-state index in [0.717, 1.165) is 17.7 Å². The second-order valence-corrected chi connectivity index (χ2v) is 4.68. The molecule has 16 heavy (non-hydrogen) atoms. The number of ether oxygens (including phenoxy) is 1.